The molecule has 0 radical (unpaired) electrons. The Morgan fingerprint density at radius 3 is 1.32 bits per heavy atom. The standard InChI is InChI=1S/C28H59NO9P2/c1-3-5-7-9-11-12-17-21-25-29-28(30)24-20-16-13-15-19-23-27(38-40(34,35)36)26(37-39(31,32)33)22-18-14-10-8-6-4-2/h26-27H,3-25H2,1-2H3,(H,29,30)(H2,31,32,33)(H2,34,35,36). The minimum absolute atomic E-state index is 0.0742. The number of hydrogen-bond donors (Lipinski definition) is 5. The van der Waals surface area contributed by atoms with Gasteiger partial charge in [0.05, 0.1) is 12.2 Å². The summed E-state index contributed by atoms with van der Waals surface area (Å²) in [6.45, 7) is 5.06. The second-order valence-electron chi connectivity index (χ2n) is 11.0. The maximum atomic E-state index is 12.0. The van der Waals surface area contributed by atoms with Crippen LogP contribution in [0.3, 0.4) is 0 Å². The van der Waals surface area contributed by atoms with Crippen molar-refractivity contribution >= 4 is 21.6 Å². The maximum Gasteiger partial charge on any atom is 0.469 e. The van der Waals surface area contributed by atoms with Crippen LogP contribution in [0.2, 0.25) is 0 Å². The Hall–Kier alpha value is -0.310. The zero-order valence-corrected chi connectivity index (χ0v) is 26.9. The van der Waals surface area contributed by atoms with Crippen LogP contribution in [0.15, 0.2) is 0 Å². The van der Waals surface area contributed by atoms with E-state index < -0.39 is 27.9 Å². The number of rotatable bonds is 29. The minimum atomic E-state index is -4.87. The number of carbonyl (C=O) groups excluding carboxylic acids is 1. The van der Waals surface area contributed by atoms with Crippen LogP contribution in [0.4, 0.5) is 0 Å². The Morgan fingerprint density at radius 2 is 0.925 bits per heavy atom. The molecule has 0 aliphatic rings. The summed E-state index contributed by atoms with van der Waals surface area (Å²) in [6, 6.07) is 0. The van der Waals surface area contributed by atoms with Gasteiger partial charge in [0.1, 0.15) is 0 Å². The SMILES string of the molecule is CCCCCCCCCCNC(=O)CCCCCCCC(OP(=O)(O)O)C(CCCCCCCC)OP(=O)(O)O. The zero-order valence-electron chi connectivity index (χ0n) is 25.1. The fourth-order valence-corrected chi connectivity index (χ4v) is 6.02. The number of hydrogen-bond acceptors (Lipinski definition) is 5. The number of nitrogens with one attached hydrogen (secondary N) is 1. The summed E-state index contributed by atoms with van der Waals surface area (Å²) >= 11 is 0. The predicted molar refractivity (Wildman–Crippen MR) is 160 cm³/mol. The van der Waals surface area contributed by atoms with Gasteiger partial charge >= 0.3 is 15.6 Å². The van der Waals surface area contributed by atoms with E-state index in [2.05, 4.69) is 19.2 Å². The Bertz CT molecular complexity index is 699. The third-order valence-electron chi connectivity index (χ3n) is 7.05. The second-order valence-corrected chi connectivity index (χ2v) is 13.3. The molecule has 0 bridgehead atoms. The van der Waals surface area contributed by atoms with Crippen molar-refractivity contribution in [2.45, 2.75) is 167 Å². The van der Waals surface area contributed by atoms with E-state index in [-0.39, 0.29) is 18.7 Å². The lowest BCUT2D eigenvalue weighted by atomic mass is 9.99. The molecule has 5 N–H and O–H groups in total. The first-order valence-electron chi connectivity index (χ1n) is 15.7. The minimum Gasteiger partial charge on any atom is -0.356 e. The molecule has 0 aliphatic heterocycles. The van der Waals surface area contributed by atoms with Gasteiger partial charge in [-0.3, -0.25) is 13.8 Å². The van der Waals surface area contributed by atoms with Crippen LogP contribution < -0.4 is 5.32 Å². The van der Waals surface area contributed by atoms with Crippen molar-refractivity contribution in [3.8, 4) is 0 Å². The molecule has 240 valence electrons. The third kappa shape index (κ3) is 27.8. The molecule has 2 atom stereocenters. The normalized spacial score (nSPS) is 13.8. The van der Waals surface area contributed by atoms with Crippen LogP contribution in [0, 0.1) is 0 Å². The first-order chi connectivity index (χ1) is 19.0. The number of carbonyl (C=O) groups is 1. The molecular formula is C28H59NO9P2. The topological polar surface area (TPSA) is 163 Å². The highest BCUT2D eigenvalue weighted by atomic mass is 31.2. The molecule has 40 heavy (non-hydrogen) atoms. The largest absolute Gasteiger partial charge is 0.469 e. The summed E-state index contributed by atoms with van der Waals surface area (Å²) < 4.78 is 32.9. The van der Waals surface area contributed by atoms with Crippen molar-refractivity contribution in [2.24, 2.45) is 0 Å². The van der Waals surface area contributed by atoms with Crippen molar-refractivity contribution in [3.63, 3.8) is 0 Å². The van der Waals surface area contributed by atoms with Gasteiger partial charge in [-0.25, -0.2) is 9.13 Å². The third-order valence-corrected chi connectivity index (χ3v) is 8.14. The van der Waals surface area contributed by atoms with Gasteiger partial charge in [-0.1, -0.05) is 123 Å². The second kappa shape index (κ2) is 25.2. The summed E-state index contributed by atoms with van der Waals surface area (Å²) in [5.74, 6) is 0.0742. The Kier molecular flexibility index (Phi) is 25.0. The van der Waals surface area contributed by atoms with Gasteiger partial charge in [-0.15, -0.1) is 0 Å². The average molecular weight is 616 g/mol. The Labute approximate surface area is 243 Å². The zero-order chi connectivity index (χ0) is 30.1. The van der Waals surface area contributed by atoms with E-state index in [0.29, 0.717) is 19.3 Å². The van der Waals surface area contributed by atoms with Gasteiger partial charge in [0.15, 0.2) is 0 Å². The molecule has 2 unspecified atom stereocenters. The molecule has 12 heteroatoms. The molecule has 10 nitrogen and oxygen atoms in total. The fraction of sp³-hybridized carbons (Fsp3) is 0.964. The van der Waals surface area contributed by atoms with Gasteiger partial charge < -0.3 is 24.9 Å². The number of phosphoric ester groups is 2. The molecular weight excluding hydrogens is 556 g/mol. The quantitative estimate of drug-likeness (QED) is 0.0419. The number of amides is 1. The molecule has 0 saturated carbocycles. The number of unbranched alkanes of at least 4 members (excludes halogenated alkanes) is 16. The monoisotopic (exact) mass is 615 g/mol. The van der Waals surface area contributed by atoms with Crippen LogP contribution >= 0.6 is 15.6 Å². The molecule has 0 aromatic rings. The molecule has 0 fully saturated rings. The molecule has 1 amide bonds. The molecule has 0 rings (SSSR count). The van der Waals surface area contributed by atoms with Crippen molar-refractivity contribution in [2.75, 3.05) is 6.54 Å². The molecule has 0 saturated heterocycles. The lowest BCUT2D eigenvalue weighted by Crippen LogP contribution is -2.30. The van der Waals surface area contributed by atoms with Crippen LogP contribution in [0.1, 0.15) is 155 Å². The highest BCUT2D eigenvalue weighted by Gasteiger charge is 2.34. The fourth-order valence-electron chi connectivity index (χ4n) is 4.83. The first kappa shape index (κ1) is 39.7. The van der Waals surface area contributed by atoms with Crippen molar-refractivity contribution in [1.29, 1.82) is 0 Å². The van der Waals surface area contributed by atoms with Gasteiger partial charge in [0.25, 0.3) is 0 Å². The van der Waals surface area contributed by atoms with E-state index in [1.807, 2.05) is 0 Å². The van der Waals surface area contributed by atoms with Crippen LogP contribution in [-0.2, 0) is 23.0 Å². The van der Waals surface area contributed by atoms with Crippen molar-refractivity contribution in [1.82, 2.24) is 5.32 Å². The van der Waals surface area contributed by atoms with E-state index in [1.165, 1.54) is 38.5 Å². The van der Waals surface area contributed by atoms with E-state index in [1.54, 1.807) is 0 Å². The summed E-state index contributed by atoms with van der Waals surface area (Å²) in [5, 5.41) is 2.99. The Balaban J connectivity index is 4.29. The summed E-state index contributed by atoms with van der Waals surface area (Å²) in [5.41, 5.74) is 0. The van der Waals surface area contributed by atoms with Gasteiger partial charge in [0, 0.05) is 13.0 Å². The predicted octanol–water partition coefficient (Wildman–Crippen LogP) is 7.68. The average Bonchev–Trinajstić information content (AvgIpc) is 2.86. The number of phosphoric acid groups is 2. The lowest BCUT2D eigenvalue weighted by Gasteiger charge is -2.27. The van der Waals surface area contributed by atoms with Gasteiger partial charge in [0.2, 0.25) is 5.91 Å². The van der Waals surface area contributed by atoms with Crippen LogP contribution in [0.25, 0.3) is 0 Å². The van der Waals surface area contributed by atoms with Crippen molar-refractivity contribution in [3.05, 3.63) is 0 Å². The van der Waals surface area contributed by atoms with E-state index >= 15 is 0 Å². The van der Waals surface area contributed by atoms with Crippen molar-refractivity contribution < 1.29 is 42.5 Å². The van der Waals surface area contributed by atoms with Crippen LogP contribution in [-0.4, -0.2) is 44.2 Å². The van der Waals surface area contributed by atoms with E-state index in [9.17, 15) is 33.5 Å². The van der Waals surface area contributed by atoms with E-state index in [4.69, 9.17) is 9.05 Å². The smallest absolute Gasteiger partial charge is 0.356 e. The first-order valence-corrected chi connectivity index (χ1v) is 18.8. The van der Waals surface area contributed by atoms with Crippen LogP contribution in [0.5, 0.6) is 0 Å². The molecule has 0 heterocycles. The summed E-state index contributed by atoms with van der Waals surface area (Å²) in [6.07, 6.45) is 18.1. The van der Waals surface area contributed by atoms with E-state index in [0.717, 1.165) is 77.2 Å². The molecule has 0 aromatic carbocycles. The molecule has 0 aliphatic carbocycles. The Morgan fingerprint density at radius 1 is 0.575 bits per heavy atom. The van der Waals surface area contributed by atoms with Gasteiger partial charge in [-0.2, -0.15) is 0 Å². The summed E-state index contributed by atoms with van der Waals surface area (Å²) in [4.78, 5) is 49.5. The lowest BCUT2D eigenvalue weighted by molar-refractivity contribution is -0.121. The molecule has 0 aromatic heterocycles. The highest BCUT2D eigenvalue weighted by molar-refractivity contribution is 7.46. The van der Waals surface area contributed by atoms with Gasteiger partial charge in [-0.05, 0) is 25.7 Å². The highest BCUT2D eigenvalue weighted by Crippen LogP contribution is 2.45. The summed E-state index contributed by atoms with van der Waals surface area (Å²) in [7, 11) is -9.73. The molecule has 0 spiro atoms. The maximum absolute atomic E-state index is 12.0.